The third kappa shape index (κ3) is 3.27. The summed E-state index contributed by atoms with van der Waals surface area (Å²) in [6, 6.07) is 18.1. The minimum Gasteiger partial charge on any atom is -0.487 e. The largest absolute Gasteiger partial charge is 0.487 e. The first kappa shape index (κ1) is 16.2. The van der Waals surface area contributed by atoms with Crippen molar-refractivity contribution in [2.75, 3.05) is 6.54 Å². The highest BCUT2D eigenvalue weighted by Crippen LogP contribution is 2.43. The zero-order valence-corrected chi connectivity index (χ0v) is 14.4. The SMILES string of the molecule is NC1CC2(CCC(=O)N(Cc3ccccc3)CC2)Oc2ccccc21. The van der Waals surface area contributed by atoms with Crippen LogP contribution in [-0.2, 0) is 11.3 Å². The minimum absolute atomic E-state index is 0.0271. The van der Waals surface area contributed by atoms with Gasteiger partial charge in [0.15, 0.2) is 0 Å². The van der Waals surface area contributed by atoms with Crippen LogP contribution in [-0.4, -0.2) is 23.0 Å². The van der Waals surface area contributed by atoms with Gasteiger partial charge in [-0.3, -0.25) is 4.79 Å². The molecule has 4 nitrogen and oxygen atoms in total. The van der Waals surface area contributed by atoms with Crippen molar-refractivity contribution >= 4 is 5.91 Å². The molecule has 2 unspecified atom stereocenters. The van der Waals surface area contributed by atoms with Gasteiger partial charge in [0.05, 0.1) is 0 Å². The molecule has 1 fully saturated rings. The van der Waals surface area contributed by atoms with Gasteiger partial charge in [-0.15, -0.1) is 0 Å². The third-order valence-electron chi connectivity index (χ3n) is 5.44. The van der Waals surface area contributed by atoms with Crippen molar-refractivity contribution in [2.45, 2.75) is 43.9 Å². The summed E-state index contributed by atoms with van der Waals surface area (Å²) in [5, 5.41) is 0. The van der Waals surface area contributed by atoms with Gasteiger partial charge < -0.3 is 15.4 Å². The Hall–Kier alpha value is -2.33. The second-order valence-corrected chi connectivity index (χ2v) is 7.18. The Morgan fingerprint density at radius 2 is 1.84 bits per heavy atom. The molecule has 2 N–H and O–H groups in total. The summed E-state index contributed by atoms with van der Waals surface area (Å²) in [4.78, 5) is 14.6. The van der Waals surface area contributed by atoms with Crippen molar-refractivity contribution in [2.24, 2.45) is 5.73 Å². The maximum Gasteiger partial charge on any atom is 0.223 e. The van der Waals surface area contributed by atoms with E-state index in [0.717, 1.165) is 30.6 Å². The number of para-hydroxylation sites is 1. The summed E-state index contributed by atoms with van der Waals surface area (Å²) in [5.41, 5.74) is 8.33. The van der Waals surface area contributed by atoms with Crippen molar-refractivity contribution in [1.82, 2.24) is 4.90 Å². The monoisotopic (exact) mass is 336 g/mol. The maximum atomic E-state index is 12.6. The van der Waals surface area contributed by atoms with Crippen LogP contribution in [0.5, 0.6) is 5.75 Å². The van der Waals surface area contributed by atoms with Gasteiger partial charge in [-0.25, -0.2) is 0 Å². The van der Waals surface area contributed by atoms with Gasteiger partial charge in [-0.05, 0) is 18.1 Å². The quantitative estimate of drug-likeness (QED) is 0.914. The lowest BCUT2D eigenvalue weighted by Gasteiger charge is -2.40. The summed E-state index contributed by atoms with van der Waals surface area (Å²) in [5.74, 6) is 1.09. The second-order valence-electron chi connectivity index (χ2n) is 7.18. The fourth-order valence-electron chi connectivity index (χ4n) is 4.02. The number of carbonyl (C=O) groups is 1. The molecular formula is C21H24N2O2. The molecule has 4 rings (SSSR count). The molecule has 2 aliphatic heterocycles. The number of hydrogen-bond acceptors (Lipinski definition) is 3. The van der Waals surface area contributed by atoms with Crippen LogP contribution in [0.2, 0.25) is 0 Å². The normalized spacial score (nSPS) is 26.0. The topological polar surface area (TPSA) is 55.6 Å². The molecule has 2 aliphatic rings. The number of nitrogens with two attached hydrogens (primary N) is 1. The van der Waals surface area contributed by atoms with Crippen molar-refractivity contribution in [1.29, 1.82) is 0 Å². The molecule has 25 heavy (non-hydrogen) atoms. The van der Waals surface area contributed by atoms with Crippen LogP contribution in [0.15, 0.2) is 54.6 Å². The van der Waals surface area contributed by atoms with Crippen molar-refractivity contribution in [3.63, 3.8) is 0 Å². The first-order valence-electron chi connectivity index (χ1n) is 9.00. The molecule has 2 atom stereocenters. The van der Waals surface area contributed by atoms with E-state index in [1.54, 1.807) is 0 Å². The van der Waals surface area contributed by atoms with E-state index in [0.29, 0.717) is 19.5 Å². The Bertz CT molecular complexity index is 762. The van der Waals surface area contributed by atoms with E-state index in [-0.39, 0.29) is 17.6 Å². The molecule has 0 radical (unpaired) electrons. The molecule has 1 spiro atoms. The van der Waals surface area contributed by atoms with E-state index in [1.807, 2.05) is 47.4 Å². The Kier molecular flexibility index (Phi) is 4.22. The average molecular weight is 336 g/mol. The predicted molar refractivity (Wildman–Crippen MR) is 97.1 cm³/mol. The van der Waals surface area contributed by atoms with Gasteiger partial charge in [-0.2, -0.15) is 0 Å². The average Bonchev–Trinajstić information content (AvgIpc) is 2.77. The molecule has 2 aromatic rings. The Balaban J connectivity index is 1.52. The zero-order valence-electron chi connectivity index (χ0n) is 14.4. The van der Waals surface area contributed by atoms with E-state index in [1.165, 1.54) is 5.56 Å². The number of fused-ring (bicyclic) bond motifs is 1. The number of likely N-dealkylation sites (tertiary alicyclic amines) is 1. The number of nitrogens with zero attached hydrogens (tertiary/aromatic N) is 1. The predicted octanol–water partition coefficient (Wildman–Crippen LogP) is 3.42. The lowest BCUT2D eigenvalue weighted by atomic mass is 9.82. The van der Waals surface area contributed by atoms with Gasteiger partial charge in [0, 0.05) is 44.0 Å². The van der Waals surface area contributed by atoms with Crippen molar-refractivity contribution in [3.8, 4) is 5.75 Å². The van der Waals surface area contributed by atoms with Gasteiger partial charge in [0.25, 0.3) is 0 Å². The Morgan fingerprint density at radius 1 is 1.08 bits per heavy atom. The molecule has 0 bridgehead atoms. The lowest BCUT2D eigenvalue weighted by molar-refractivity contribution is -0.131. The summed E-state index contributed by atoms with van der Waals surface area (Å²) < 4.78 is 6.40. The van der Waals surface area contributed by atoms with Gasteiger partial charge in [0.1, 0.15) is 11.4 Å². The smallest absolute Gasteiger partial charge is 0.223 e. The molecule has 130 valence electrons. The van der Waals surface area contributed by atoms with Crippen LogP contribution < -0.4 is 10.5 Å². The van der Waals surface area contributed by atoms with Crippen LogP contribution in [0.1, 0.15) is 42.9 Å². The third-order valence-corrected chi connectivity index (χ3v) is 5.44. The fourth-order valence-corrected chi connectivity index (χ4v) is 4.02. The molecule has 0 aromatic heterocycles. The van der Waals surface area contributed by atoms with Crippen LogP contribution in [0, 0.1) is 0 Å². The summed E-state index contributed by atoms with van der Waals surface area (Å²) >= 11 is 0. The lowest BCUT2D eigenvalue weighted by Crippen LogP contribution is -2.43. The first-order chi connectivity index (χ1) is 12.2. The van der Waals surface area contributed by atoms with E-state index in [4.69, 9.17) is 10.5 Å². The standard InChI is InChI=1S/C21H24N2O2/c22-18-14-21(25-19-9-5-4-8-17(18)19)11-10-20(24)23(13-12-21)15-16-6-2-1-3-7-16/h1-9,18H,10-15,22H2. The maximum absolute atomic E-state index is 12.6. The summed E-state index contributed by atoms with van der Waals surface area (Å²) in [6.07, 6.45) is 2.85. The van der Waals surface area contributed by atoms with E-state index in [2.05, 4.69) is 12.1 Å². The summed E-state index contributed by atoms with van der Waals surface area (Å²) in [6.45, 7) is 1.38. The Morgan fingerprint density at radius 3 is 2.68 bits per heavy atom. The van der Waals surface area contributed by atoms with Gasteiger partial charge in [0.2, 0.25) is 5.91 Å². The van der Waals surface area contributed by atoms with Crippen LogP contribution in [0.4, 0.5) is 0 Å². The van der Waals surface area contributed by atoms with Crippen LogP contribution >= 0.6 is 0 Å². The first-order valence-corrected chi connectivity index (χ1v) is 9.00. The zero-order chi connectivity index (χ0) is 17.3. The van der Waals surface area contributed by atoms with Crippen molar-refractivity contribution < 1.29 is 9.53 Å². The highest BCUT2D eigenvalue weighted by molar-refractivity contribution is 5.76. The highest BCUT2D eigenvalue weighted by atomic mass is 16.5. The van der Waals surface area contributed by atoms with E-state index in [9.17, 15) is 4.79 Å². The van der Waals surface area contributed by atoms with E-state index < -0.39 is 0 Å². The van der Waals surface area contributed by atoms with Gasteiger partial charge in [-0.1, -0.05) is 48.5 Å². The summed E-state index contributed by atoms with van der Waals surface area (Å²) in [7, 11) is 0. The molecule has 0 saturated carbocycles. The molecule has 2 aromatic carbocycles. The molecular weight excluding hydrogens is 312 g/mol. The van der Waals surface area contributed by atoms with Crippen molar-refractivity contribution in [3.05, 3.63) is 65.7 Å². The number of ether oxygens (including phenoxy) is 1. The molecule has 4 heteroatoms. The Labute approximate surface area is 148 Å². The van der Waals surface area contributed by atoms with Crippen LogP contribution in [0.3, 0.4) is 0 Å². The molecule has 1 amide bonds. The molecule has 2 heterocycles. The minimum atomic E-state index is -0.325. The van der Waals surface area contributed by atoms with Crippen LogP contribution in [0.25, 0.3) is 0 Å². The number of amides is 1. The fraction of sp³-hybridized carbons (Fsp3) is 0.381. The number of hydrogen-bond donors (Lipinski definition) is 1. The molecule has 0 aliphatic carbocycles. The second kappa shape index (κ2) is 6.52. The number of carbonyl (C=O) groups excluding carboxylic acids is 1. The highest BCUT2D eigenvalue weighted by Gasteiger charge is 2.42. The van der Waals surface area contributed by atoms with Gasteiger partial charge >= 0.3 is 0 Å². The number of benzene rings is 2. The number of rotatable bonds is 2. The molecule has 1 saturated heterocycles. The van der Waals surface area contributed by atoms with E-state index >= 15 is 0 Å².